The van der Waals surface area contributed by atoms with Gasteiger partial charge in [-0.05, 0) is 60.0 Å². The van der Waals surface area contributed by atoms with Crippen molar-refractivity contribution in [1.82, 2.24) is 4.90 Å². The van der Waals surface area contributed by atoms with E-state index in [1.807, 2.05) is 24.3 Å². The maximum absolute atomic E-state index is 12.6. The number of benzene rings is 2. The quantitative estimate of drug-likeness (QED) is 0.137. The molecule has 0 spiro atoms. The third kappa shape index (κ3) is 8.44. The third-order valence-electron chi connectivity index (χ3n) is 7.76. The summed E-state index contributed by atoms with van der Waals surface area (Å²) in [4.78, 5) is 49.6. The number of thiophene rings is 1. The van der Waals surface area contributed by atoms with Crippen LogP contribution >= 0.6 is 11.3 Å². The van der Waals surface area contributed by atoms with Crippen LogP contribution in [-0.4, -0.2) is 66.2 Å². The number of rotatable bonds is 17. The lowest BCUT2D eigenvalue weighted by Gasteiger charge is -2.16. The summed E-state index contributed by atoms with van der Waals surface area (Å²) in [5.74, 6) is -1.54. The fraction of sp³-hybridized carbons (Fsp3) is 0.455. The van der Waals surface area contributed by atoms with Gasteiger partial charge in [0, 0.05) is 36.7 Å². The number of ketones is 1. The van der Waals surface area contributed by atoms with Gasteiger partial charge in [-0.1, -0.05) is 13.8 Å². The molecule has 0 aliphatic carbocycles. The molecule has 4 rings (SSSR count). The number of nitrogens with zero attached hydrogens (tertiary/aromatic N) is 1. The van der Waals surface area contributed by atoms with E-state index in [4.69, 9.17) is 29.2 Å². The van der Waals surface area contributed by atoms with Gasteiger partial charge in [-0.3, -0.25) is 19.2 Å². The molecule has 1 amide bonds. The SMILES string of the molecule is COc1cc2c(cc1OCCCCCOc1cc3cc(C(=O)CC(C)C(=O)O)sc3cc1OC)CN(C(=O)CC(C)C(=O)O)C2. The lowest BCUT2D eigenvalue weighted by molar-refractivity contribution is -0.145. The number of amides is 1. The van der Waals surface area contributed by atoms with E-state index in [0.717, 1.165) is 40.5 Å². The Morgan fingerprint density at radius 1 is 0.756 bits per heavy atom. The van der Waals surface area contributed by atoms with Crippen LogP contribution in [0.2, 0.25) is 0 Å². The van der Waals surface area contributed by atoms with E-state index in [-0.39, 0.29) is 24.5 Å². The second-order valence-electron chi connectivity index (χ2n) is 11.2. The van der Waals surface area contributed by atoms with E-state index < -0.39 is 23.8 Å². The van der Waals surface area contributed by atoms with Crippen molar-refractivity contribution < 1.29 is 48.3 Å². The van der Waals surface area contributed by atoms with E-state index in [2.05, 4.69) is 0 Å². The number of hydrogen-bond donors (Lipinski definition) is 2. The largest absolute Gasteiger partial charge is 0.493 e. The van der Waals surface area contributed by atoms with E-state index in [1.165, 1.54) is 25.2 Å². The maximum Gasteiger partial charge on any atom is 0.306 e. The smallest absolute Gasteiger partial charge is 0.306 e. The summed E-state index contributed by atoms with van der Waals surface area (Å²) in [5, 5.41) is 19.1. The Hall–Kier alpha value is -4.32. The molecule has 0 saturated carbocycles. The summed E-state index contributed by atoms with van der Waals surface area (Å²) in [6, 6.07) is 9.20. The van der Waals surface area contributed by atoms with Crippen LogP contribution in [0.5, 0.6) is 23.0 Å². The summed E-state index contributed by atoms with van der Waals surface area (Å²) in [6.07, 6.45) is 2.31. The fourth-order valence-electron chi connectivity index (χ4n) is 5.00. The molecule has 2 unspecified atom stereocenters. The molecule has 0 saturated heterocycles. The van der Waals surface area contributed by atoms with Crippen molar-refractivity contribution in [3.8, 4) is 23.0 Å². The van der Waals surface area contributed by atoms with E-state index in [0.29, 0.717) is 54.2 Å². The lowest BCUT2D eigenvalue weighted by Crippen LogP contribution is -2.28. The molecule has 3 aromatic rings. The average molecular weight is 642 g/mol. The molecule has 2 atom stereocenters. The number of carboxylic acid groups (broad SMARTS) is 2. The van der Waals surface area contributed by atoms with Crippen molar-refractivity contribution in [1.29, 1.82) is 0 Å². The van der Waals surface area contributed by atoms with Gasteiger partial charge in [-0.2, -0.15) is 0 Å². The molecule has 0 bridgehead atoms. The molecule has 2 N–H and O–H groups in total. The predicted molar refractivity (Wildman–Crippen MR) is 168 cm³/mol. The Bertz CT molecular complexity index is 1560. The molecule has 1 aliphatic rings. The highest BCUT2D eigenvalue weighted by Crippen LogP contribution is 2.38. The van der Waals surface area contributed by atoms with Gasteiger partial charge < -0.3 is 34.1 Å². The number of unbranched alkanes of at least 4 members (excludes halogenated alkanes) is 2. The number of aliphatic carboxylic acids is 2. The summed E-state index contributed by atoms with van der Waals surface area (Å²) >= 11 is 1.31. The number of carbonyl (C=O) groups excluding carboxylic acids is 2. The Kier molecular flexibility index (Phi) is 11.3. The Morgan fingerprint density at radius 3 is 1.87 bits per heavy atom. The molecule has 242 valence electrons. The highest BCUT2D eigenvalue weighted by Gasteiger charge is 2.28. The Balaban J connectivity index is 1.25. The molecular weight excluding hydrogens is 602 g/mol. The minimum Gasteiger partial charge on any atom is -0.493 e. The van der Waals surface area contributed by atoms with E-state index >= 15 is 0 Å². The molecule has 0 fully saturated rings. The van der Waals surface area contributed by atoms with Crippen LogP contribution in [0.1, 0.15) is 66.8 Å². The van der Waals surface area contributed by atoms with Crippen LogP contribution in [0.3, 0.4) is 0 Å². The standard InChI is InChI=1S/C33H39NO10S/c1-19(32(37)38)10-24(35)30-15-21-12-27(26(42-4)16-29(21)45-30)43-8-6-5-7-9-44-28-14-23-18-34(17-22(23)13-25(28)41-3)31(36)11-20(2)33(39)40/h12-16,19-20H,5-11,17-18H2,1-4H3,(H,37,38)(H,39,40). The van der Waals surface area contributed by atoms with Gasteiger partial charge in [0.1, 0.15) is 0 Å². The van der Waals surface area contributed by atoms with E-state index in [9.17, 15) is 19.2 Å². The topological polar surface area (TPSA) is 149 Å². The zero-order valence-corrected chi connectivity index (χ0v) is 26.7. The molecule has 1 aliphatic heterocycles. The van der Waals surface area contributed by atoms with Crippen molar-refractivity contribution >= 4 is 45.1 Å². The first-order valence-electron chi connectivity index (χ1n) is 14.8. The van der Waals surface area contributed by atoms with Crippen molar-refractivity contribution in [3.05, 3.63) is 46.3 Å². The van der Waals surface area contributed by atoms with Gasteiger partial charge in [-0.15, -0.1) is 11.3 Å². The fourth-order valence-corrected chi connectivity index (χ4v) is 6.02. The van der Waals surface area contributed by atoms with Crippen molar-refractivity contribution in [2.24, 2.45) is 11.8 Å². The summed E-state index contributed by atoms with van der Waals surface area (Å²) in [6.45, 7) is 4.79. The number of Topliss-reactive ketones (excluding diaryl/α,β-unsaturated/α-hetero) is 1. The molecular formula is C33H39NO10S. The predicted octanol–water partition coefficient (Wildman–Crippen LogP) is 5.79. The van der Waals surface area contributed by atoms with Crippen LogP contribution < -0.4 is 18.9 Å². The summed E-state index contributed by atoms with van der Waals surface area (Å²) in [7, 11) is 3.13. The third-order valence-corrected chi connectivity index (χ3v) is 8.90. The second-order valence-corrected chi connectivity index (χ2v) is 12.3. The maximum atomic E-state index is 12.6. The van der Waals surface area contributed by atoms with Gasteiger partial charge >= 0.3 is 11.9 Å². The minimum absolute atomic E-state index is 0.0413. The number of fused-ring (bicyclic) bond motifs is 2. The molecule has 12 heteroatoms. The number of hydrogen-bond acceptors (Lipinski definition) is 9. The van der Waals surface area contributed by atoms with Gasteiger partial charge in [0.25, 0.3) is 0 Å². The second kappa shape index (κ2) is 15.1. The van der Waals surface area contributed by atoms with Crippen LogP contribution in [0.4, 0.5) is 0 Å². The molecule has 2 aromatic carbocycles. The number of methoxy groups -OCH3 is 2. The number of carbonyl (C=O) groups is 4. The van der Waals surface area contributed by atoms with Crippen LogP contribution in [0.25, 0.3) is 10.1 Å². The Morgan fingerprint density at radius 2 is 1.29 bits per heavy atom. The van der Waals surface area contributed by atoms with E-state index in [1.54, 1.807) is 25.2 Å². The summed E-state index contributed by atoms with van der Waals surface area (Å²) < 4.78 is 23.9. The van der Waals surface area contributed by atoms with Gasteiger partial charge in [0.15, 0.2) is 28.8 Å². The number of ether oxygens (including phenoxy) is 4. The molecule has 0 radical (unpaired) electrons. The molecule has 2 heterocycles. The zero-order chi connectivity index (χ0) is 32.7. The van der Waals surface area contributed by atoms with Gasteiger partial charge in [0.2, 0.25) is 5.91 Å². The van der Waals surface area contributed by atoms with Crippen LogP contribution in [0.15, 0.2) is 30.3 Å². The first kappa shape index (κ1) is 33.6. The number of carboxylic acids is 2. The van der Waals surface area contributed by atoms with Crippen LogP contribution in [0, 0.1) is 11.8 Å². The first-order chi connectivity index (χ1) is 21.5. The zero-order valence-electron chi connectivity index (χ0n) is 25.9. The minimum atomic E-state index is -0.996. The monoisotopic (exact) mass is 641 g/mol. The van der Waals surface area contributed by atoms with Crippen molar-refractivity contribution in [2.75, 3.05) is 27.4 Å². The molecule has 11 nitrogen and oxygen atoms in total. The van der Waals surface area contributed by atoms with Gasteiger partial charge in [0.05, 0.1) is 44.1 Å². The molecule has 1 aromatic heterocycles. The van der Waals surface area contributed by atoms with Crippen molar-refractivity contribution in [2.45, 2.75) is 59.0 Å². The highest BCUT2D eigenvalue weighted by atomic mass is 32.1. The normalized spacial score (nSPS) is 13.6. The van der Waals surface area contributed by atoms with Gasteiger partial charge in [-0.25, -0.2) is 0 Å². The lowest BCUT2D eigenvalue weighted by atomic mass is 10.0. The molecule has 45 heavy (non-hydrogen) atoms. The average Bonchev–Trinajstić information content (AvgIpc) is 3.63. The Labute approximate surface area is 265 Å². The highest BCUT2D eigenvalue weighted by molar-refractivity contribution is 7.20. The van der Waals surface area contributed by atoms with Crippen LogP contribution in [-0.2, 0) is 27.5 Å². The van der Waals surface area contributed by atoms with Crippen molar-refractivity contribution in [3.63, 3.8) is 0 Å². The first-order valence-corrected chi connectivity index (χ1v) is 15.7. The summed E-state index contributed by atoms with van der Waals surface area (Å²) in [5.41, 5.74) is 1.91.